The van der Waals surface area contributed by atoms with E-state index in [2.05, 4.69) is 13.8 Å². The predicted molar refractivity (Wildman–Crippen MR) is 67.3 cm³/mol. The van der Waals surface area contributed by atoms with Gasteiger partial charge in [-0.3, -0.25) is 4.79 Å². The summed E-state index contributed by atoms with van der Waals surface area (Å²) in [6, 6.07) is 0. The maximum atomic E-state index is 12.4. The molecule has 0 aromatic heterocycles. The number of carbonyl (C=O) groups is 1. The van der Waals surface area contributed by atoms with Crippen LogP contribution in [0.4, 0.5) is 0 Å². The van der Waals surface area contributed by atoms with Crippen molar-refractivity contribution in [2.24, 2.45) is 23.7 Å². The number of hydrogen-bond donors (Lipinski definition) is 0. The van der Waals surface area contributed by atoms with Gasteiger partial charge in [-0.1, -0.05) is 33.1 Å². The van der Waals surface area contributed by atoms with E-state index in [1.54, 1.807) is 0 Å². The largest absolute Gasteiger partial charge is 0.299 e. The minimum absolute atomic E-state index is 0.404. The number of rotatable bonds is 2. The molecule has 1 nitrogen and oxygen atoms in total. The number of carbonyl (C=O) groups excluding carboxylic acids is 1. The van der Waals surface area contributed by atoms with Crippen molar-refractivity contribution in [3.63, 3.8) is 0 Å². The van der Waals surface area contributed by atoms with Crippen LogP contribution in [-0.4, -0.2) is 5.78 Å². The van der Waals surface area contributed by atoms with Gasteiger partial charge in [0.05, 0.1) is 0 Å². The molecule has 0 saturated heterocycles. The third-order valence-corrected chi connectivity index (χ3v) is 4.59. The van der Waals surface area contributed by atoms with Crippen molar-refractivity contribution in [1.29, 1.82) is 0 Å². The molecule has 16 heavy (non-hydrogen) atoms. The molecule has 0 N–H and O–H groups in total. The molecule has 1 heteroatoms. The lowest BCUT2D eigenvalue weighted by atomic mass is 9.71. The van der Waals surface area contributed by atoms with E-state index in [-0.39, 0.29) is 0 Å². The predicted octanol–water partition coefficient (Wildman–Crippen LogP) is 4.21. The molecule has 2 rings (SSSR count). The minimum atomic E-state index is 0.404. The maximum absolute atomic E-state index is 12.4. The highest BCUT2D eigenvalue weighted by molar-refractivity contribution is 5.83. The summed E-state index contributed by atoms with van der Waals surface area (Å²) < 4.78 is 0. The molecule has 0 amide bonds. The normalized spacial score (nSPS) is 37.2. The van der Waals surface area contributed by atoms with Crippen molar-refractivity contribution in [3.8, 4) is 0 Å². The summed E-state index contributed by atoms with van der Waals surface area (Å²) in [5.74, 6) is 2.98. The second kappa shape index (κ2) is 5.33. The van der Waals surface area contributed by atoms with E-state index in [0.717, 1.165) is 11.8 Å². The van der Waals surface area contributed by atoms with E-state index < -0.39 is 0 Å². The van der Waals surface area contributed by atoms with Crippen LogP contribution >= 0.6 is 0 Å². The van der Waals surface area contributed by atoms with Crippen LogP contribution in [0.2, 0.25) is 0 Å². The molecular weight excluding hydrogens is 196 g/mol. The fourth-order valence-electron chi connectivity index (χ4n) is 3.90. The van der Waals surface area contributed by atoms with Crippen LogP contribution < -0.4 is 0 Å². The minimum Gasteiger partial charge on any atom is -0.299 e. The second-order valence-electron chi connectivity index (χ2n) is 6.35. The summed E-state index contributed by atoms with van der Waals surface area (Å²) in [4.78, 5) is 12.4. The standard InChI is InChI=1S/C15H26O/c1-11-8-12(2)10-14(9-11)15(16)13-6-4-3-5-7-13/h11-14H,3-10H2,1-2H3. The van der Waals surface area contributed by atoms with E-state index in [9.17, 15) is 4.79 Å². The molecule has 2 unspecified atom stereocenters. The molecule has 0 spiro atoms. The molecule has 2 fully saturated rings. The average molecular weight is 222 g/mol. The lowest BCUT2D eigenvalue weighted by molar-refractivity contribution is -0.129. The van der Waals surface area contributed by atoms with Crippen LogP contribution in [0, 0.1) is 23.7 Å². The van der Waals surface area contributed by atoms with Gasteiger partial charge in [-0.2, -0.15) is 0 Å². The highest BCUT2D eigenvalue weighted by atomic mass is 16.1. The van der Waals surface area contributed by atoms with Crippen LogP contribution in [0.25, 0.3) is 0 Å². The molecule has 0 aliphatic heterocycles. The third-order valence-electron chi connectivity index (χ3n) is 4.59. The Morgan fingerprint density at radius 1 is 0.812 bits per heavy atom. The topological polar surface area (TPSA) is 17.1 Å². The van der Waals surface area contributed by atoms with Crippen molar-refractivity contribution in [2.45, 2.75) is 65.2 Å². The monoisotopic (exact) mass is 222 g/mol. The first-order valence-electron chi connectivity index (χ1n) is 7.20. The third kappa shape index (κ3) is 2.87. The van der Waals surface area contributed by atoms with Gasteiger partial charge in [0.1, 0.15) is 5.78 Å². The second-order valence-corrected chi connectivity index (χ2v) is 6.35. The van der Waals surface area contributed by atoms with E-state index in [1.807, 2.05) is 0 Å². The fourth-order valence-corrected chi connectivity index (χ4v) is 3.90. The molecule has 0 aromatic rings. The maximum Gasteiger partial charge on any atom is 0.139 e. The van der Waals surface area contributed by atoms with E-state index >= 15 is 0 Å². The van der Waals surface area contributed by atoms with Crippen LogP contribution in [0.15, 0.2) is 0 Å². The Morgan fingerprint density at radius 2 is 1.38 bits per heavy atom. The van der Waals surface area contributed by atoms with Crippen LogP contribution in [-0.2, 0) is 4.79 Å². The Morgan fingerprint density at radius 3 is 1.94 bits per heavy atom. The van der Waals surface area contributed by atoms with Crippen LogP contribution in [0.1, 0.15) is 65.2 Å². The lowest BCUT2D eigenvalue weighted by Gasteiger charge is -2.33. The zero-order valence-electron chi connectivity index (χ0n) is 10.9. The highest BCUT2D eigenvalue weighted by Crippen LogP contribution is 2.37. The SMILES string of the molecule is CC1CC(C)CC(C(=O)C2CCCCC2)C1. The Hall–Kier alpha value is -0.330. The Balaban J connectivity index is 1.92. The number of hydrogen-bond acceptors (Lipinski definition) is 1. The molecule has 2 aliphatic carbocycles. The first-order valence-corrected chi connectivity index (χ1v) is 7.20. The Labute approximate surface area is 100.0 Å². The smallest absolute Gasteiger partial charge is 0.139 e. The van der Waals surface area contributed by atoms with E-state index in [4.69, 9.17) is 0 Å². The average Bonchev–Trinajstić information content (AvgIpc) is 2.28. The number of Topliss-reactive ketones (excluding diaryl/α,β-unsaturated/α-hetero) is 1. The van der Waals surface area contributed by atoms with Gasteiger partial charge in [-0.15, -0.1) is 0 Å². The van der Waals surface area contributed by atoms with E-state index in [0.29, 0.717) is 17.6 Å². The van der Waals surface area contributed by atoms with Crippen molar-refractivity contribution in [3.05, 3.63) is 0 Å². The van der Waals surface area contributed by atoms with Gasteiger partial charge in [-0.05, 0) is 43.9 Å². The van der Waals surface area contributed by atoms with Gasteiger partial charge in [-0.25, -0.2) is 0 Å². The van der Waals surface area contributed by atoms with Gasteiger partial charge in [0.25, 0.3) is 0 Å². The van der Waals surface area contributed by atoms with Crippen molar-refractivity contribution in [1.82, 2.24) is 0 Å². The first kappa shape index (κ1) is 12.1. The fraction of sp³-hybridized carbons (Fsp3) is 0.933. The first-order chi connectivity index (χ1) is 7.66. The summed E-state index contributed by atoms with van der Waals surface area (Å²) in [5.41, 5.74) is 0. The van der Waals surface area contributed by atoms with Gasteiger partial charge in [0.2, 0.25) is 0 Å². The molecular formula is C15H26O. The summed E-state index contributed by atoms with van der Waals surface area (Å²) in [5, 5.41) is 0. The zero-order chi connectivity index (χ0) is 11.5. The van der Waals surface area contributed by atoms with Crippen molar-refractivity contribution < 1.29 is 4.79 Å². The summed E-state index contributed by atoms with van der Waals surface area (Å²) >= 11 is 0. The van der Waals surface area contributed by atoms with Crippen LogP contribution in [0.5, 0.6) is 0 Å². The van der Waals surface area contributed by atoms with Crippen molar-refractivity contribution in [2.75, 3.05) is 0 Å². The van der Waals surface area contributed by atoms with Crippen molar-refractivity contribution >= 4 is 5.78 Å². The summed E-state index contributed by atoms with van der Waals surface area (Å²) in [7, 11) is 0. The van der Waals surface area contributed by atoms with Gasteiger partial charge >= 0.3 is 0 Å². The molecule has 0 bridgehead atoms. The zero-order valence-corrected chi connectivity index (χ0v) is 10.9. The highest BCUT2D eigenvalue weighted by Gasteiger charge is 2.33. The Kier molecular flexibility index (Phi) is 4.05. The molecule has 2 aliphatic rings. The Bertz CT molecular complexity index is 230. The number of ketones is 1. The molecule has 0 heterocycles. The summed E-state index contributed by atoms with van der Waals surface area (Å²) in [6.07, 6.45) is 9.94. The molecule has 0 radical (unpaired) electrons. The molecule has 2 saturated carbocycles. The molecule has 0 aromatic carbocycles. The quantitative estimate of drug-likeness (QED) is 0.684. The molecule has 92 valence electrons. The molecule has 2 atom stereocenters. The van der Waals surface area contributed by atoms with Gasteiger partial charge < -0.3 is 0 Å². The summed E-state index contributed by atoms with van der Waals surface area (Å²) in [6.45, 7) is 4.63. The van der Waals surface area contributed by atoms with E-state index in [1.165, 1.54) is 51.4 Å². The van der Waals surface area contributed by atoms with Gasteiger partial charge in [0.15, 0.2) is 0 Å². The lowest BCUT2D eigenvalue weighted by Crippen LogP contribution is -2.31. The van der Waals surface area contributed by atoms with Gasteiger partial charge in [0, 0.05) is 11.8 Å². The van der Waals surface area contributed by atoms with Crippen LogP contribution in [0.3, 0.4) is 0 Å².